The molecule has 116 valence electrons. The Morgan fingerprint density at radius 1 is 1.30 bits per heavy atom. The summed E-state index contributed by atoms with van der Waals surface area (Å²) < 4.78 is 5.01. The first-order valence-corrected chi connectivity index (χ1v) is 7.99. The van der Waals surface area contributed by atoms with E-state index in [1.54, 1.807) is 7.11 Å². The van der Waals surface area contributed by atoms with Crippen molar-refractivity contribution in [1.29, 1.82) is 0 Å². The number of ether oxygens (including phenoxy) is 1. The number of amides is 1. The Morgan fingerprint density at radius 3 is 2.75 bits per heavy atom. The highest BCUT2D eigenvalue weighted by atomic mass is 16.5. The largest absolute Gasteiger partial charge is 0.385 e. The van der Waals surface area contributed by atoms with Crippen LogP contribution in [0.1, 0.15) is 38.5 Å². The molecule has 5 nitrogen and oxygen atoms in total. The molecule has 2 heterocycles. The number of carbonyl (C=O) groups is 1. The molecular weight excluding hydrogens is 254 g/mol. The van der Waals surface area contributed by atoms with Crippen LogP contribution in [-0.4, -0.2) is 67.7 Å². The molecule has 2 N–H and O–H groups in total. The van der Waals surface area contributed by atoms with E-state index in [4.69, 9.17) is 10.5 Å². The third-order valence-corrected chi connectivity index (χ3v) is 4.56. The second-order valence-corrected chi connectivity index (χ2v) is 6.06. The lowest BCUT2D eigenvalue weighted by molar-refractivity contribution is -0.131. The van der Waals surface area contributed by atoms with Gasteiger partial charge in [-0.1, -0.05) is 6.42 Å². The molecule has 2 atom stereocenters. The fourth-order valence-electron chi connectivity index (χ4n) is 3.33. The fraction of sp³-hybridized carbons (Fsp3) is 0.933. The van der Waals surface area contributed by atoms with Gasteiger partial charge in [-0.2, -0.15) is 0 Å². The Balaban J connectivity index is 1.74. The summed E-state index contributed by atoms with van der Waals surface area (Å²) in [6, 6.07) is 0.204. The molecule has 0 bridgehead atoms. The van der Waals surface area contributed by atoms with Gasteiger partial charge in [0.05, 0.1) is 6.04 Å². The minimum Gasteiger partial charge on any atom is -0.385 e. The molecule has 0 aromatic heterocycles. The third kappa shape index (κ3) is 4.17. The monoisotopic (exact) mass is 283 g/mol. The van der Waals surface area contributed by atoms with Crippen molar-refractivity contribution in [2.75, 3.05) is 39.9 Å². The lowest BCUT2D eigenvalue weighted by atomic mass is 10.1. The van der Waals surface area contributed by atoms with Crippen molar-refractivity contribution < 1.29 is 9.53 Å². The number of hydrogen-bond acceptors (Lipinski definition) is 4. The summed E-state index contributed by atoms with van der Waals surface area (Å²) in [4.78, 5) is 16.8. The normalized spacial score (nSPS) is 25.9. The van der Waals surface area contributed by atoms with Crippen LogP contribution in [0.15, 0.2) is 0 Å². The summed E-state index contributed by atoms with van der Waals surface area (Å²) >= 11 is 0. The smallest absolute Gasteiger partial charge is 0.239 e. The van der Waals surface area contributed by atoms with Crippen molar-refractivity contribution in [1.82, 2.24) is 9.80 Å². The van der Waals surface area contributed by atoms with Gasteiger partial charge in [-0.3, -0.25) is 9.69 Å². The summed E-state index contributed by atoms with van der Waals surface area (Å²) in [6.45, 7) is 4.82. The first kappa shape index (κ1) is 15.7. The molecule has 0 aromatic rings. The molecule has 0 aromatic carbocycles. The second-order valence-electron chi connectivity index (χ2n) is 6.06. The number of piperidine rings is 1. The standard InChI is InChI=1S/C15H29N3O2/c1-20-11-5-6-14(16)15(19)18-10-7-13(12-18)17-8-3-2-4-9-17/h13-14H,2-12,16H2,1H3. The Hall–Kier alpha value is -0.650. The number of nitrogens with zero attached hydrogens (tertiary/aromatic N) is 2. The molecule has 2 aliphatic heterocycles. The Labute approximate surface area is 122 Å². The predicted octanol–water partition coefficient (Wildman–Crippen LogP) is 0.827. The van der Waals surface area contributed by atoms with Gasteiger partial charge in [0.15, 0.2) is 0 Å². The van der Waals surface area contributed by atoms with E-state index in [1.807, 2.05) is 4.90 Å². The van der Waals surface area contributed by atoms with E-state index in [2.05, 4.69) is 4.90 Å². The van der Waals surface area contributed by atoms with Gasteiger partial charge in [0.2, 0.25) is 5.91 Å². The molecule has 0 saturated carbocycles. The molecule has 0 aliphatic carbocycles. The zero-order chi connectivity index (χ0) is 14.4. The van der Waals surface area contributed by atoms with Crippen LogP contribution in [0, 0.1) is 0 Å². The molecule has 2 aliphatic rings. The molecule has 2 rings (SSSR count). The molecule has 2 fully saturated rings. The van der Waals surface area contributed by atoms with Crippen LogP contribution in [0.3, 0.4) is 0 Å². The molecule has 1 amide bonds. The second kappa shape index (κ2) is 7.96. The van der Waals surface area contributed by atoms with Gasteiger partial charge in [-0.15, -0.1) is 0 Å². The highest BCUT2D eigenvalue weighted by molar-refractivity contribution is 5.81. The maximum atomic E-state index is 12.3. The van der Waals surface area contributed by atoms with Crippen LogP contribution < -0.4 is 5.73 Å². The number of methoxy groups -OCH3 is 1. The van der Waals surface area contributed by atoms with Crippen molar-refractivity contribution in [2.45, 2.75) is 50.6 Å². The SMILES string of the molecule is COCCCC(N)C(=O)N1CCC(N2CCCCC2)C1. The van der Waals surface area contributed by atoms with E-state index >= 15 is 0 Å². The number of carbonyl (C=O) groups excluding carboxylic acids is 1. The molecule has 0 radical (unpaired) electrons. The topological polar surface area (TPSA) is 58.8 Å². The first-order chi connectivity index (χ1) is 9.72. The predicted molar refractivity (Wildman–Crippen MR) is 79.5 cm³/mol. The number of nitrogens with two attached hydrogens (primary N) is 1. The molecular formula is C15H29N3O2. The Morgan fingerprint density at radius 2 is 2.05 bits per heavy atom. The van der Waals surface area contributed by atoms with Gasteiger partial charge >= 0.3 is 0 Å². The summed E-state index contributed by atoms with van der Waals surface area (Å²) in [5.74, 6) is 0.126. The quantitative estimate of drug-likeness (QED) is 0.734. The van der Waals surface area contributed by atoms with Crippen LogP contribution in [-0.2, 0) is 9.53 Å². The van der Waals surface area contributed by atoms with E-state index in [0.717, 1.165) is 32.4 Å². The fourth-order valence-corrected chi connectivity index (χ4v) is 3.33. The first-order valence-electron chi connectivity index (χ1n) is 7.99. The van der Waals surface area contributed by atoms with Crippen LogP contribution in [0.5, 0.6) is 0 Å². The van der Waals surface area contributed by atoms with E-state index < -0.39 is 0 Å². The van der Waals surface area contributed by atoms with Crippen LogP contribution in [0.25, 0.3) is 0 Å². The summed E-state index contributed by atoms with van der Waals surface area (Å²) in [6.07, 6.45) is 6.65. The average molecular weight is 283 g/mol. The molecule has 0 spiro atoms. The molecule has 20 heavy (non-hydrogen) atoms. The lowest BCUT2D eigenvalue weighted by Gasteiger charge is -2.32. The van der Waals surface area contributed by atoms with E-state index in [0.29, 0.717) is 12.6 Å². The van der Waals surface area contributed by atoms with Crippen molar-refractivity contribution in [3.63, 3.8) is 0 Å². The van der Waals surface area contributed by atoms with E-state index in [1.165, 1.54) is 32.4 Å². The van der Waals surface area contributed by atoms with Gasteiger partial charge in [-0.05, 0) is 45.2 Å². The summed E-state index contributed by atoms with van der Waals surface area (Å²) in [5, 5.41) is 0. The van der Waals surface area contributed by atoms with Crippen molar-refractivity contribution in [3.8, 4) is 0 Å². The summed E-state index contributed by atoms with van der Waals surface area (Å²) in [5.41, 5.74) is 6.00. The number of likely N-dealkylation sites (tertiary alicyclic amines) is 2. The van der Waals surface area contributed by atoms with Gasteiger partial charge in [0, 0.05) is 32.8 Å². The van der Waals surface area contributed by atoms with Crippen LogP contribution in [0.4, 0.5) is 0 Å². The molecule has 2 unspecified atom stereocenters. The van der Waals surface area contributed by atoms with Crippen molar-refractivity contribution in [2.24, 2.45) is 5.73 Å². The zero-order valence-electron chi connectivity index (χ0n) is 12.7. The van der Waals surface area contributed by atoms with Crippen molar-refractivity contribution >= 4 is 5.91 Å². The molecule has 2 saturated heterocycles. The van der Waals surface area contributed by atoms with Gasteiger partial charge < -0.3 is 15.4 Å². The maximum absolute atomic E-state index is 12.3. The molecule has 5 heteroatoms. The average Bonchev–Trinajstić information content (AvgIpc) is 2.97. The van der Waals surface area contributed by atoms with Crippen LogP contribution in [0.2, 0.25) is 0 Å². The minimum atomic E-state index is -0.356. The van der Waals surface area contributed by atoms with Gasteiger partial charge in [0.1, 0.15) is 0 Å². The number of hydrogen-bond donors (Lipinski definition) is 1. The highest BCUT2D eigenvalue weighted by Gasteiger charge is 2.32. The maximum Gasteiger partial charge on any atom is 0.239 e. The van der Waals surface area contributed by atoms with E-state index in [-0.39, 0.29) is 11.9 Å². The van der Waals surface area contributed by atoms with Crippen molar-refractivity contribution in [3.05, 3.63) is 0 Å². The van der Waals surface area contributed by atoms with Gasteiger partial charge in [0.25, 0.3) is 0 Å². The Kier molecular flexibility index (Phi) is 6.26. The van der Waals surface area contributed by atoms with Gasteiger partial charge in [-0.25, -0.2) is 0 Å². The number of rotatable bonds is 6. The lowest BCUT2D eigenvalue weighted by Crippen LogP contribution is -2.45. The van der Waals surface area contributed by atoms with E-state index in [9.17, 15) is 4.79 Å². The zero-order valence-corrected chi connectivity index (χ0v) is 12.7. The minimum absolute atomic E-state index is 0.126. The third-order valence-electron chi connectivity index (χ3n) is 4.56. The highest BCUT2D eigenvalue weighted by Crippen LogP contribution is 2.20. The van der Waals surface area contributed by atoms with Crippen LogP contribution >= 0.6 is 0 Å². The summed E-state index contributed by atoms with van der Waals surface area (Å²) in [7, 11) is 1.68. The Bertz CT molecular complexity index is 305.